The fraction of sp³-hybridized carbons (Fsp3) is 0.688. The zero-order chi connectivity index (χ0) is 17.0. The Hall–Kier alpha value is -1.89. The minimum absolute atomic E-state index is 0.0442. The lowest BCUT2D eigenvalue weighted by atomic mass is 9.89. The molecule has 1 fully saturated rings. The smallest absolute Gasteiger partial charge is 0.329 e. The number of aromatic amines is 1. The molecule has 3 N–H and O–H groups in total. The van der Waals surface area contributed by atoms with Crippen LogP contribution in [0.2, 0.25) is 0 Å². The second kappa shape index (κ2) is 7.59. The molecule has 1 saturated carbocycles. The molecule has 0 radical (unpaired) electrons. The Bertz CT molecular complexity index is 671. The van der Waals surface area contributed by atoms with Gasteiger partial charge in [0, 0.05) is 13.1 Å². The second-order valence-electron chi connectivity index (χ2n) is 6.39. The van der Waals surface area contributed by atoms with Gasteiger partial charge in [0.2, 0.25) is 0 Å². The molecule has 0 spiro atoms. The van der Waals surface area contributed by atoms with E-state index in [0.29, 0.717) is 12.5 Å². The summed E-state index contributed by atoms with van der Waals surface area (Å²) in [6, 6.07) is 0. The lowest BCUT2D eigenvalue weighted by molar-refractivity contribution is 0.0931. The van der Waals surface area contributed by atoms with Gasteiger partial charge in [-0.2, -0.15) is 0 Å². The molecule has 1 heterocycles. The first kappa shape index (κ1) is 17.5. The minimum Gasteiger partial charge on any atom is -0.384 e. The number of Topliss-reactive ketones (excluding diaryl/α,β-unsaturated/α-hetero) is 1. The molecule has 7 nitrogen and oxygen atoms in total. The molecule has 23 heavy (non-hydrogen) atoms. The maximum absolute atomic E-state index is 12.5. The highest BCUT2D eigenvalue weighted by atomic mass is 16.2. The van der Waals surface area contributed by atoms with Crippen LogP contribution in [0, 0.1) is 5.92 Å². The van der Waals surface area contributed by atoms with Gasteiger partial charge < -0.3 is 5.73 Å². The van der Waals surface area contributed by atoms with Crippen LogP contribution in [0.25, 0.3) is 0 Å². The van der Waals surface area contributed by atoms with Crippen molar-refractivity contribution in [2.45, 2.75) is 45.6 Å². The number of hydrogen-bond acceptors (Lipinski definition) is 5. The van der Waals surface area contributed by atoms with E-state index in [0.717, 1.165) is 6.54 Å². The van der Waals surface area contributed by atoms with Crippen molar-refractivity contribution in [2.75, 3.05) is 25.9 Å². The largest absolute Gasteiger partial charge is 0.384 e. The summed E-state index contributed by atoms with van der Waals surface area (Å²) in [6.07, 6.45) is 6.19. The predicted octanol–water partition coefficient (Wildman–Crippen LogP) is 0.834. The highest BCUT2D eigenvalue weighted by molar-refractivity contribution is 6.01. The van der Waals surface area contributed by atoms with Crippen molar-refractivity contribution in [2.24, 2.45) is 5.92 Å². The monoisotopic (exact) mass is 322 g/mol. The van der Waals surface area contributed by atoms with Crippen molar-refractivity contribution < 1.29 is 4.79 Å². The third kappa shape index (κ3) is 4.10. The Morgan fingerprint density at radius 1 is 1.30 bits per heavy atom. The van der Waals surface area contributed by atoms with E-state index in [1.807, 2.05) is 11.9 Å². The first-order valence-corrected chi connectivity index (χ1v) is 8.28. The number of nitrogens with two attached hydrogens (primary N) is 1. The number of nitrogen functional groups attached to an aromatic ring is 1. The number of aromatic nitrogens is 2. The van der Waals surface area contributed by atoms with E-state index in [1.165, 1.54) is 36.7 Å². The first-order chi connectivity index (χ1) is 10.9. The van der Waals surface area contributed by atoms with Crippen LogP contribution in [-0.4, -0.2) is 40.4 Å². The van der Waals surface area contributed by atoms with Crippen LogP contribution >= 0.6 is 0 Å². The van der Waals surface area contributed by atoms with Crippen molar-refractivity contribution in [3.8, 4) is 0 Å². The van der Waals surface area contributed by atoms with Crippen molar-refractivity contribution in [1.29, 1.82) is 0 Å². The summed E-state index contributed by atoms with van der Waals surface area (Å²) in [5.41, 5.74) is 4.47. The van der Waals surface area contributed by atoms with Gasteiger partial charge in [-0.1, -0.05) is 19.3 Å². The molecule has 0 atom stereocenters. The van der Waals surface area contributed by atoms with Crippen LogP contribution < -0.4 is 17.0 Å². The van der Waals surface area contributed by atoms with Crippen molar-refractivity contribution in [3.05, 3.63) is 26.4 Å². The number of ketones is 1. The molecule has 128 valence electrons. The van der Waals surface area contributed by atoms with Gasteiger partial charge in [0.15, 0.2) is 5.78 Å². The van der Waals surface area contributed by atoms with E-state index < -0.39 is 11.2 Å². The molecule has 1 aliphatic rings. The Labute approximate surface area is 135 Å². The molecule has 0 bridgehead atoms. The molecule has 7 heteroatoms. The number of carbonyl (C=O) groups is 1. The minimum atomic E-state index is -0.701. The van der Waals surface area contributed by atoms with E-state index in [2.05, 4.69) is 4.98 Å². The third-order valence-electron chi connectivity index (χ3n) is 4.54. The molecule has 0 saturated heterocycles. The Kier molecular flexibility index (Phi) is 5.76. The quantitative estimate of drug-likeness (QED) is 0.756. The van der Waals surface area contributed by atoms with Gasteiger partial charge in [0.25, 0.3) is 5.56 Å². The van der Waals surface area contributed by atoms with Gasteiger partial charge in [-0.3, -0.25) is 24.0 Å². The van der Waals surface area contributed by atoms with Gasteiger partial charge in [0.1, 0.15) is 11.4 Å². The zero-order valence-corrected chi connectivity index (χ0v) is 13.9. The number of nitrogens with zero attached hydrogens (tertiary/aromatic N) is 2. The number of hydrogen-bond donors (Lipinski definition) is 2. The Morgan fingerprint density at radius 2 is 1.96 bits per heavy atom. The number of nitrogens with one attached hydrogen (secondary N) is 1. The van der Waals surface area contributed by atoms with Crippen LogP contribution in [-0.2, 0) is 6.54 Å². The topological polar surface area (TPSA) is 101 Å². The summed E-state index contributed by atoms with van der Waals surface area (Å²) in [5.74, 6) is 0.225. The Balaban J connectivity index is 2.11. The van der Waals surface area contributed by atoms with Gasteiger partial charge in [-0.15, -0.1) is 0 Å². The lowest BCUT2D eigenvalue weighted by Gasteiger charge is -2.26. The van der Waals surface area contributed by atoms with Gasteiger partial charge in [-0.05, 0) is 32.7 Å². The summed E-state index contributed by atoms with van der Waals surface area (Å²) in [7, 11) is 1.88. The van der Waals surface area contributed by atoms with Crippen molar-refractivity contribution >= 4 is 11.6 Å². The molecular weight excluding hydrogens is 296 g/mol. The van der Waals surface area contributed by atoms with Gasteiger partial charge >= 0.3 is 5.69 Å². The lowest BCUT2D eigenvalue weighted by Crippen LogP contribution is -2.39. The maximum Gasteiger partial charge on any atom is 0.329 e. The average Bonchev–Trinajstić information content (AvgIpc) is 2.47. The molecule has 0 aliphatic heterocycles. The van der Waals surface area contributed by atoms with Gasteiger partial charge in [-0.25, -0.2) is 4.79 Å². The number of H-pyrrole nitrogens is 1. The summed E-state index contributed by atoms with van der Waals surface area (Å²) >= 11 is 0. The zero-order valence-electron chi connectivity index (χ0n) is 13.9. The summed E-state index contributed by atoms with van der Waals surface area (Å²) < 4.78 is 1.20. The molecule has 0 amide bonds. The molecular formula is C16H26N4O3. The van der Waals surface area contributed by atoms with Crippen molar-refractivity contribution in [3.63, 3.8) is 0 Å². The van der Waals surface area contributed by atoms with Crippen LogP contribution in [0.3, 0.4) is 0 Å². The Morgan fingerprint density at radius 3 is 2.57 bits per heavy atom. The SMILES string of the molecule is CCn1c(N)c(C(=O)CN(C)CC2CCCCC2)c(=O)[nH]c1=O. The molecule has 1 aliphatic carbocycles. The number of likely N-dealkylation sites (N-methyl/N-ethyl adjacent to an activating group) is 1. The molecule has 0 aromatic carbocycles. The molecule has 0 unspecified atom stereocenters. The fourth-order valence-corrected chi connectivity index (χ4v) is 3.37. The van der Waals surface area contributed by atoms with Gasteiger partial charge in [0.05, 0.1) is 6.54 Å². The second-order valence-corrected chi connectivity index (χ2v) is 6.39. The number of carbonyl (C=O) groups excluding carboxylic acids is 1. The van der Waals surface area contributed by atoms with E-state index in [1.54, 1.807) is 6.92 Å². The highest BCUT2D eigenvalue weighted by Gasteiger charge is 2.22. The average molecular weight is 322 g/mol. The van der Waals surface area contributed by atoms with E-state index in [9.17, 15) is 14.4 Å². The predicted molar refractivity (Wildman–Crippen MR) is 89.8 cm³/mol. The summed E-state index contributed by atoms with van der Waals surface area (Å²) in [6.45, 7) is 3.02. The maximum atomic E-state index is 12.5. The molecule has 1 aromatic heterocycles. The van der Waals surface area contributed by atoms with Crippen LogP contribution in [0.4, 0.5) is 5.82 Å². The third-order valence-corrected chi connectivity index (χ3v) is 4.54. The fourth-order valence-electron chi connectivity index (χ4n) is 3.37. The highest BCUT2D eigenvalue weighted by Crippen LogP contribution is 2.24. The van der Waals surface area contributed by atoms with E-state index in [-0.39, 0.29) is 23.7 Å². The van der Waals surface area contributed by atoms with Crippen LogP contribution in [0.15, 0.2) is 9.59 Å². The summed E-state index contributed by atoms with van der Waals surface area (Å²) in [4.78, 5) is 40.2. The van der Waals surface area contributed by atoms with Crippen LogP contribution in [0.1, 0.15) is 49.4 Å². The van der Waals surface area contributed by atoms with E-state index >= 15 is 0 Å². The number of rotatable bonds is 6. The van der Waals surface area contributed by atoms with Crippen LogP contribution in [0.5, 0.6) is 0 Å². The number of anilines is 1. The van der Waals surface area contributed by atoms with Crippen molar-refractivity contribution in [1.82, 2.24) is 14.5 Å². The summed E-state index contributed by atoms with van der Waals surface area (Å²) in [5, 5.41) is 0. The molecule has 2 rings (SSSR count). The normalized spacial score (nSPS) is 16.0. The molecule has 1 aromatic rings. The standard InChI is InChI=1S/C16H26N4O3/c1-3-20-14(17)13(15(22)18-16(20)23)12(21)10-19(2)9-11-7-5-4-6-8-11/h11H,3-10,17H2,1-2H3,(H,18,22,23). The van der Waals surface area contributed by atoms with E-state index in [4.69, 9.17) is 5.73 Å². The first-order valence-electron chi connectivity index (χ1n) is 8.28.